The molecule has 112 valence electrons. The molecule has 1 aromatic carbocycles. The van der Waals surface area contributed by atoms with Crippen LogP contribution >= 0.6 is 0 Å². The van der Waals surface area contributed by atoms with Crippen molar-refractivity contribution >= 4 is 0 Å². The highest BCUT2D eigenvalue weighted by Gasteiger charge is 2.19. The van der Waals surface area contributed by atoms with Crippen LogP contribution in [-0.4, -0.2) is 34.3 Å². The number of likely N-dealkylation sites (tertiary alicyclic amines) is 1. The first-order chi connectivity index (χ1) is 10.3. The molecule has 0 saturated carbocycles. The van der Waals surface area contributed by atoms with Gasteiger partial charge in [0.2, 0.25) is 0 Å². The van der Waals surface area contributed by atoms with E-state index in [-0.39, 0.29) is 0 Å². The normalized spacial score (nSPS) is 17.2. The molecule has 21 heavy (non-hydrogen) atoms. The van der Waals surface area contributed by atoms with Crippen LogP contribution in [0.2, 0.25) is 0 Å². The van der Waals surface area contributed by atoms with Crippen molar-refractivity contribution in [2.45, 2.75) is 38.9 Å². The molecule has 1 aliphatic heterocycles. The lowest BCUT2D eigenvalue weighted by molar-refractivity contribution is 0.189. The van der Waals surface area contributed by atoms with E-state index in [1.165, 1.54) is 18.4 Å². The van der Waals surface area contributed by atoms with Gasteiger partial charge in [-0.15, -0.1) is 0 Å². The van der Waals surface area contributed by atoms with Crippen molar-refractivity contribution in [1.29, 1.82) is 0 Å². The summed E-state index contributed by atoms with van der Waals surface area (Å²) in [6, 6.07) is 11.2. The third-order valence-electron chi connectivity index (χ3n) is 4.14. The SMILES string of the molecule is Cc1nonc1CNC1CCN(Cc2ccccc2)CC1. The lowest BCUT2D eigenvalue weighted by Crippen LogP contribution is -2.41. The number of nitrogens with zero attached hydrogens (tertiary/aromatic N) is 3. The largest absolute Gasteiger partial charge is 0.308 e. The molecule has 0 bridgehead atoms. The molecule has 5 heteroatoms. The summed E-state index contributed by atoms with van der Waals surface area (Å²) >= 11 is 0. The van der Waals surface area contributed by atoms with Crippen LogP contribution in [0, 0.1) is 6.92 Å². The molecule has 2 heterocycles. The molecule has 5 nitrogen and oxygen atoms in total. The summed E-state index contributed by atoms with van der Waals surface area (Å²) in [4.78, 5) is 2.52. The highest BCUT2D eigenvalue weighted by Crippen LogP contribution is 2.14. The lowest BCUT2D eigenvalue weighted by Gasteiger charge is -2.32. The van der Waals surface area contributed by atoms with Gasteiger partial charge >= 0.3 is 0 Å². The van der Waals surface area contributed by atoms with Crippen LogP contribution in [0.3, 0.4) is 0 Å². The number of hydrogen-bond donors (Lipinski definition) is 1. The average molecular weight is 286 g/mol. The minimum absolute atomic E-state index is 0.563. The predicted molar refractivity (Wildman–Crippen MR) is 80.6 cm³/mol. The molecular formula is C16H22N4O. The Morgan fingerprint density at radius 1 is 1.19 bits per heavy atom. The fraction of sp³-hybridized carbons (Fsp3) is 0.500. The maximum absolute atomic E-state index is 4.72. The third kappa shape index (κ3) is 3.89. The van der Waals surface area contributed by atoms with Gasteiger partial charge in [0.05, 0.1) is 0 Å². The average Bonchev–Trinajstić information content (AvgIpc) is 2.93. The van der Waals surface area contributed by atoms with Gasteiger partial charge in [-0.1, -0.05) is 40.6 Å². The van der Waals surface area contributed by atoms with Gasteiger partial charge in [0.15, 0.2) is 0 Å². The summed E-state index contributed by atoms with van der Waals surface area (Å²) in [5.74, 6) is 0. The first-order valence-electron chi connectivity index (χ1n) is 7.59. The molecular weight excluding hydrogens is 264 g/mol. The fourth-order valence-corrected chi connectivity index (χ4v) is 2.79. The Morgan fingerprint density at radius 3 is 2.62 bits per heavy atom. The second-order valence-electron chi connectivity index (χ2n) is 5.71. The molecule has 0 amide bonds. The van der Waals surface area contributed by atoms with Crippen LogP contribution in [0.4, 0.5) is 0 Å². The van der Waals surface area contributed by atoms with Gasteiger partial charge in [-0.05, 0) is 38.4 Å². The Hall–Kier alpha value is -1.72. The van der Waals surface area contributed by atoms with Gasteiger partial charge in [-0.25, -0.2) is 4.63 Å². The summed E-state index contributed by atoms with van der Waals surface area (Å²) in [6.07, 6.45) is 2.36. The summed E-state index contributed by atoms with van der Waals surface area (Å²) in [7, 11) is 0. The molecule has 0 atom stereocenters. The molecule has 2 aromatic rings. The molecule has 1 aliphatic rings. The van der Waals surface area contributed by atoms with Crippen LogP contribution in [0.1, 0.15) is 29.8 Å². The van der Waals surface area contributed by atoms with Crippen LogP contribution in [0.15, 0.2) is 35.0 Å². The van der Waals surface area contributed by atoms with E-state index in [1.54, 1.807) is 0 Å². The second-order valence-corrected chi connectivity index (χ2v) is 5.71. The highest BCUT2D eigenvalue weighted by atomic mass is 16.6. The number of nitrogens with one attached hydrogen (secondary N) is 1. The first kappa shape index (κ1) is 14.2. The van der Waals surface area contributed by atoms with Gasteiger partial charge in [-0.2, -0.15) is 0 Å². The topological polar surface area (TPSA) is 54.2 Å². The first-order valence-corrected chi connectivity index (χ1v) is 7.59. The number of rotatable bonds is 5. The van der Waals surface area contributed by atoms with Crippen molar-refractivity contribution < 1.29 is 4.63 Å². The molecule has 1 aromatic heterocycles. The number of aryl methyl sites for hydroxylation is 1. The van der Waals surface area contributed by atoms with Crippen LogP contribution < -0.4 is 5.32 Å². The zero-order valence-electron chi connectivity index (χ0n) is 12.5. The van der Waals surface area contributed by atoms with E-state index in [0.29, 0.717) is 6.04 Å². The Kier molecular flexibility index (Phi) is 4.62. The van der Waals surface area contributed by atoms with Crippen molar-refractivity contribution in [3.05, 3.63) is 47.3 Å². The van der Waals surface area contributed by atoms with E-state index < -0.39 is 0 Å². The Balaban J connectivity index is 1.42. The van der Waals surface area contributed by atoms with Gasteiger partial charge in [0.25, 0.3) is 0 Å². The Labute approximate surface area is 125 Å². The zero-order chi connectivity index (χ0) is 14.5. The Bertz CT molecular complexity index is 546. The summed E-state index contributed by atoms with van der Waals surface area (Å²) < 4.78 is 4.72. The summed E-state index contributed by atoms with van der Waals surface area (Å²) in [6.45, 7) is 6.01. The third-order valence-corrected chi connectivity index (χ3v) is 4.14. The molecule has 0 spiro atoms. The van der Waals surface area contributed by atoms with Crippen molar-refractivity contribution in [2.75, 3.05) is 13.1 Å². The van der Waals surface area contributed by atoms with E-state index >= 15 is 0 Å². The molecule has 0 radical (unpaired) electrons. The minimum Gasteiger partial charge on any atom is -0.308 e. The van der Waals surface area contributed by atoms with Gasteiger partial charge in [-0.3, -0.25) is 4.90 Å². The van der Waals surface area contributed by atoms with Crippen molar-refractivity contribution in [2.24, 2.45) is 0 Å². The van der Waals surface area contributed by atoms with Crippen LogP contribution in [0.25, 0.3) is 0 Å². The standard InChI is InChI=1S/C16H22N4O/c1-13-16(19-21-18-13)11-17-15-7-9-20(10-8-15)12-14-5-3-2-4-6-14/h2-6,15,17H,7-12H2,1H3. The van der Waals surface area contributed by atoms with E-state index in [1.807, 2.05) is 6.92 Å². The van der Waals surface area contributed by atoms with Crippen LogP contribution in [0.5, 0.6) is 0 Å². The number of piperidine rings is 1. The van der Waals surface area contributed by atoms with E-state index in [0.717, 1.165) is 37.6 Å². The fourth-order valence-electron chi connectivity index (χ4n) is 2.79. The van der Waals surface area contributed by atoms with E-state index in [4.69, 9.17) is 4.63 Å². The maximum Gasteiger partial charge on any atom is 0.121 e. The van der Waals surface area contributed by atoms with Crippen molar-refractivity contribution in [3.8, 4) is 0 Å². The molecule has 0 aliphatic carbocycles. The predicted octanol–water partition coefficient (Wildman–Crippen LogP) is 2.13. The molecule has 1 N–H and O–H groups in total. The summed E-state index contributed by atoms with van der Waals surface area (Å²) in [5, 5.41) is 11.3. The quantitative estimate of drug-likeness (QED) is 0.912. The smallest absolute Gasteiger partial charge is 0.121 e. The van der Waals surface area contributed by atoms with Gasteiger partial charge in [0, 0.05) is 19.1 Å². The maximum atomic E-state index is 4.72. The van der Waals surface area contributed by atoms with Gasteiger partial charge in [0.1, 0.15) is 11.4 Å². The van der Waals surface area contributed by atoms with Gasteiger partial charge < -0.3 is 5.32 Å². The lowest BCUT2D eigenvalue weighted by atomic mass is 10.0. The monoisotopic (exact) mass is 286 g/mol. The second kappa shape index (κ2) is 6.83. The number of benzene rings is 1. The molecule has 3 rings (SSSR count). The van der Waals surface area contributed by atoms with E-state index in [2.05, 4.69) is 50.9 Å². The minimum atomic E-state index is 0.563. The van der Waals surface area contributed by atoms with Crippen LogP contribution in [-0.2, 0) is 13.1 Å². The molecule has 1 saturated heterocycles. The summed E-state index contributed by atoms with van der Waals surface area (Å²) in [5.41, 5.74) is 3.19. The Morgan fingerprint density at radius 2 is 1.95 bits per heavy atom. The zero-order valence-corrected chi connectivity index (χ0v) is 12.5. The highest BCUT2D eigenvalue weighted by molar-refractivity contribution is 5.14. The van der Waals surface area contributed by atoms with Crippen molar-refractivity contribution in [1.82, 2.24) is 20.5 Å². The number of aromatic nitrogens is 2. The molecule has 0 unspecified atom stereocenters. The van der Waals surface area contributed by atoms with Crippen molar-refractivity contribution in [3.63, 3.8) is 0 Å². The number of hydrogen-bond acceptors (Lipinski definition) is 5. The molecule has 1 fully saturated rings. The van der Waals surface area contributed by atoms with E-state index in [9.17, 15) is 0 Å².